The molecule has 0 N–H and O–H groups in total. The minimum absolute atomic E-state index is 0.00926. The minimum atomic E-state index is 0.00926. The van der Waals surface area contributed by atoms with E-state index in [0.29, 0.717) is 5.69 Å². The van der Waals surface area contributed by atoms with Gasteiger partial charge in [-0.25, -0.2) is 0 Å². The third kappa shape index (κ3) is 1.88. The Labute approximate surface area is 78.1 Å². The molecule has 0 aliphatic carbocycles. The molecule has 1 aromatic heterocycles. The molecule has 0 saturated carbocycles. The van der Waals surface area contributed by atoms with Gasteiger partial charge in [-0.05, 0) is 19.9 Å². The number of carbonyl (C=O) groups is 1. The third-order valence-corrected chi connectivity index (χ3v) is 2.13. The zero-order valence-electron chi connectivity index (χ0n) is 8.48. The summed E-state index contributed by atoms with van der Waals surface area (Å²) in [5, 5.41) is 3.95. The second kappa shape index (κ2) is 3.60. The van der Waals surface area contributed by atoms with E-state index in [2.05, 4.69) is 5.10 Å². The van der Waals surface area contributed by atoms with Crippen molar-refractivity contribution in [1.82, 2.24) is 14.7 Å². The quantitative estimate of drug-likeness (QED) is 0.680. The number of nitrogens with zero attached hydrogens (tertiary/aromatic N) is 3. The highest BCUT2D eigenvalue weighted by Gasteiger charge is 2.16. The SMILES string of the molecule is CC(C)N(C)C(=O)c1ccnn1C. The highest BCUT2D eigenvalue weighted by atomic mass is 16.2. The minimum Gasteiger partial charge on any atom is -0.338 e. The fourth-order valence-electron chi connectivity index (χ4n) is 0.999. The van der Waals surface area contributed by atoms with Crippen LogP contribution < -0.4 is 0 Å². The summed E-state index contributed by atoms with van der Waals surface area (Å²) in [5.74, 6) is 0.00926. The normalized spacial score (nSPS) is 10.5. The molecular formula is C9H15N3O. The summed E-state index contributed by atoms with van der Waals surface area (Å²) in [6.07, 6.45) is 1.63. The van der Waals surface area contributed by atoms with Crippen LogP contribution >= 0.6 is 0 Å². The van der Waals surface area contributed by atoms with Gasteiger partial charge in [0.15, 0.2) is 0 Å². The van der Waals surface area contributed by atoms with Gasteiger partial charge in [0.25, 0.3) is 5.91 Å². The van der Waals surface area contributed by atoms with E-state index in [-0.39, 0.29) is 11.9 Å². The molecule has 1 aromatic rings. The lowest BCUT2D eigenvalue weighted by Gasteiger charge is -2.21. The topological polar surface area (TPSA) is 38.1 Å². The van der Waals surface area contributed by atoms with Crippen LogP contribution in [0.15, 0.2) is 12.3 Å². The zero-order chi connectivity index (χ0) is 10.0. The van der Waals surface area contributed by atoms with Crippen LogP contribution in [0.5, 0.6) is 0 Å². The first-order chi connectivity index (χ1) is 6.04. The van der Waals surface area contributed by atoms with Gasteiger partial charge in [0.1, 0.15) is 5.69 Å². The van der Waals surface area contributed by atoms with Crippen LogP contribution in [0.2, 0.25) is 0 Å². The molecular weight excluding hydrogens is 166 g/mol. The second-order valence-corrected chi connectivity index (χ2v) is 3.35. The molecule has 0 spiro atoms. The summed E-state index contributed by atoms with van der Waals surface area (Å²) in [6, 6.07) is 1.93. The smallest absolute Gasteiger partial charge is 0.272 e. The van der Waals surface area contributed by atoms with E-state index < -0.39 is 0 Å². The van der Waals surface area contributed by atoms with Crippen LogP contribution in [-0.2, 0) is 7.05 Å². The molecule has 0 atom stereocenters. The number of hydrogen-bond donors (Lipinski definition) is 0. The lowest BCUT2D eigenvalue weighted by atomic mass is 10.3. The van der Waals surface area contributed by atoms with Gasteiger partial charge in [0, 0.05) is 26.3 Å². The standard InChI is InChI=1S/C9H15N3O/c1-7(2)11(3)9(13)8-5-6-10-12(8)4/h5-7H,1-4H3. The molecule has 0 unspecified atom stereocenters. The molecule has 72 valence electrons. The van der Waals surface area contributed by atoms with Gasteiger partial charge in [-0.2, -0.15) is 5.10 Å². The Morgan fingerprint density at radius 1 is 1.62 bits per heavy atom. The van der Waals surface area contributed by atoms with E-state index in [1.165, 1.54) is 0 Å². The summed E-state index contributed by atoms with van der Waals surface area (Å²) in [6.45, 7) is 3.96. The molecule has 4 nitrogen and oxygen atoms in total. The number of amides is 1. The fourth-order valence-corrected chi connectivity index (χ4v) is 0.999. The second-order valence-electron chi connectivity index (χ2n) is 3.35. The highest BCUT2D eigenvalue weighted by molar-refractivity contribution is 5.92. The molecule has 1 amide bonds. The maximum absolute atomic E-state index is 11.7. The summed E-state index contributed by atoms with van der Waals surface area (Å²) < 4.78 is 1.58. The van der Waals surface area contributed by atoms with Crippen molar-refractivity contribution in [2.45, 2.75) is 19.9 Å². The van der Waals surface area contributed by atoms with Crippen LogP contribution in [0.1, 0.15) is 24.3 Å². The Morgan fingerprint density at radius 3 is 2.62 bits per heavy atom. The summed E-state index contributed by atoms with van der Waals surface area (Å²) in [7, 11) is 3.56. The van der Waals surface area contributed by atoms with E-state index in [1.54, 1.807) is 35.9 Å². The van der Waals surface area contributed by atoms with E-state index in [1.807, 2.05) is 13.8 Å². The molecule has 13 heavy (non-hydrogen) atoms. The van der Waals surface area contributed by atoms with Gasteiger partial charge in [-0.1, -0.05) is 0 Å². The lowest BCUT2D eigenvalue weighted by molar-refractivity contribution is 0.0744. The van der Waals surface area contributed by atoms with Crippen molar-refractivity contribution < 1.29 is 4.79 Å². The number of hydrogen-bond acceptors (Lipinski definition) is 2. The Morgan fingerprint density at radius 2 is 2.23 bits per heavy atom. The van der Waals surface area contributed by atoms with E-state index >= 15 is 0 Å². The van der Waals surface area contributed by atoms with Crippen molar-refractivity contribution in [2.24, 2.45) is 7.05 Å². The van der Waals surface area contributed by atoms with Crippen molar-refractivity contribution in [3.63, 3.8) is 0 Å². The number of carbonyl (C=O) groups excluding carboxylic acids is 1. The van der Waals surface area contributed by atoms with E-state index in [9.17, 15) is 4.79 Å². The molecule has 0 saturated heterocycles. The molecule has 0 fully saturated rings. The van der Waals surface area contributed by atoms with Crippen LogP contribution in [0.25, 0.3) is 0 Å². The van der Waals surface area contributed by atoms with Crippen LogP contribution in [0.3, 0.4) is 0 Å². The van der Waals surface area contributed by atoms with Crippen molar-refractivity contribution in [2.75, 3.05) is 7.05 Å². The van der Waals surface area contributed by atoms with Crippen molar-refractivity contribution in [1.29, 1.82) is 0 Å². The molecule has 0 bridgehead atoms. The molecule has 0 radical (unpaired) electrons. The van der Waals surface area contributed by atoms with E-state index in [4.69, 9.17) is 0 Å². The largest absolute Gasteiger partial charge is 0.338 e. The lowest BCUT2D eigenvalue weighted by Crippen LogP contribution is -2.34. The first-order valence-electron chi connectivity index (χ1n) is 4.29. The van der Waals surface area contributed by atoms with Crippen LogP contribution in [-0.4, -0.2) is 33.7 Å². The monoisotopic (exact) mass is 181 g/mol. The van der Waals surface area contributed by atoms with Crippen molar-refractivity contribution in [3.05, 3.63) is 18.0 Å². The third-order valence-electron chi connectivity index (χ3n) is 2.13. The maximum atomic E-state index is 11.7. The fraction of sp³-hybridized carbons (Fsp3) is 0.556. The average Bonchev–Trinajstić information content (AvgIpc) is 2.48. The van der Waals surface area contributed by atoms with Gasteiger partial charge in [0.05, 0.1) is 0 Å². The molecule has 1 rings (SSSR count). The Hall–Kier alpha value is -1.32. The maximum Gasteiger partial charge on any atom is 0.272 e. The Balaban J connectivity index is 2.86. The zero-order valence-corrected chi connectivity index (χ0v) is 8.48. The van der Waals surface area contributed by atoms with Gasteiger partial charge in [-0.15, -0.1) is 0 Å². The van der Waals surface area contributed by atoms with Gasteiger partial charge < -0.3 is 4.90 Å². The van der Waals surface area contributed by atoms with Gasteiger partial charge in [0.2, 0.25) is 0 Å². The molecule has 1 heterocycles. The highest BCUT2D eigenvalue weighted by Crippen LogP contribution is 2.04. The van der Waals surface area contributed by atoms with E-state index in [0.717, 1.165) is 0 Å². The summed E-state index contributed by atoms with van der Waals surface area (Å²) in [4.78, 5) is 13.4. The molecule has 0 aliphatic heterocycles. The molecule has 0 aromatic carbocycles. The summed E-state index contributed by atoms with van der Waals surface area (Å²) >= 11 is 0. The predicted octanol–water partition coefficient (Wildman–Crippen LogP) is 0.900. The van der Waals surface area contributed by atoms with Crippen LogP contribution in [0.4, 0.5) is 0 Å². The first kappa shape index (κ1) is 9.77. The van der Waals surface area contributed by atoms with Crippen LogP contribution in [0, 0.1) is 0 Å². The first-order valence-corrected chi connectivity index (χ1v) is 4.29. The average molecular weight is 181 g/mol. The van der Waals surface area contributed by atoms with Gasteiger partial charge in [-0.3, -0.25) is 9.48 Å². The van der Waals surface area contributed by atoms with Gasteiger partial charge >= 0.3 is 0 Å². The predicted molar refractivity (Wildman–Crippen MR) is 50.4 cm³/mol. The summed E-state index contributed by atoms with van der Waals surface area (Å²) in [5.41, 5.74) is 0.621. The molecule has 0 aliphatic rings. The Bertz CT molecular complexity index is 304. The number of aryl methyl sites for hydroxylation is 1. The van der Waals surface area contributed by atoms with Crippen molar-refractivity contribution in [3.8, 4) is 0 Å². The number of rotatable bonds is 2. The number of aromatic nitrogens is 2. The molecule has 4 heteroatoms. The Kier molecular flexibility index (Phi) is 2.70. The van der Waals surface area contributed by atoms with Crippen molar-refractivity contribution >= 4 is 5.91 Å².